The van der Waals surface area contributed by atoms with E-state index < -0.39 is 16.1 Å². The molecule has 7 nitrogen and oxygen atoms in total. The van der Waals surface area contributed by atoms with E-state index in [4.69, 9.17) is 0 Å². The van der Waals surface area contributed by atoms with E-state index in [0.29, 0.717) is 5.92 Å². The van der Waals surface area contributed by atoms with Crippen molar-refractivity contribution in [3.05, 3.63) is 29.6 Å². The van der Waals surface area contributed by atoms with Crippen LogP contribution in [0.3, 0.4) is 0 Å². The zero-order valence-corrected chi connectivity index (χ0v) is 14.9. The lowest BCUT2D eigenvalue weighted by Crippen LogP contribution is -2.29. The molecule has 3 rings (SSSR count). The lowest BCUT2D eigenvalue weighted by atomic mass is 10.1. The second-order valence-corrected chi connectivity index (χ2v) is 8.29. The molecule has 1 aromatic heterocycles. The van der Waals surface area contributed by atoms with Gasteiger partial charge < -0.3 is 4.57 Å². The number of aryl methyl sites for hydroxylation is 2. The average Bonchev–Trinajstić information content (AvgIpc) is 2.91. The zero-order chi connectivity index (χ0) is 17.5. The Balaban J connectivity index is 1.86. The molecular formula is C16H22N4O3S. The van der Waals surface area contributed by atoms with Crippen LogP contribution >= 0.6 is 0 Å². The fourth-order valence-electron chi connectivity index (χ4n) is 2.89. The maximum atomic E-state index is 11.8. The van der Waals surface area contributed by atoms with Crippen molar-refractivity contribution < 1.29 is 13.2 Å². The SMILES string of the molecule is Cc1nc2cc(CN3CC(=O)NS3(=O)=O)ccc2n1CCC(C)C. The first-order valence-electron chi connectivity index (χ1n) is 8.03. The maximum Gasteiger partial charge on any atom is 0.304 e. The van der Waals surface area contributed by atoms with Crippen molar-refractivity contribution in [1.29, 1.82) is 0 Å². The van der Waals surface area contributed by atoms with Gasteiger partial charge in [0, 0.05) is 13.1 Å². The van der Waals surface area contributed by atoms with Crippen molar-refractivity contribution in [3.63, 3.8) is 0 Å². The highest BCUT2D eigenvalue weighted by atomic mass is 32.2. The molecule has 130 valence electrons. The van der Waals surface area contributed by atoms with Crippen LogP contribution in [0.15, 0.2) is 18.2 Å². The molecule has 2 heterocycles. The number of rotatable bonds is 5. The topological polar surface area (TPSA) is 84.3 Å². The smallest absolute Gasteiger partial charge is 0.304 e. The first-order valence-corrected chi connectivity index (χ1v) is 9.47. The van der Waals surface area contributed by atoms with Gasteiger partial charge in [-0.2, -0.15) is 12.7 Å². The van der Waals surface area contributed by atoms with Crippen molar-refractivity contribution in [3.8, 4) is 0 Å². The lowest BCUT2D eigenvalue weighted by Gasteiger charge is -2.12. The number of nitrogens with zero attached hydrogens (tertiary/aromatic N) is 3. The van der Waals surface area contributed by atoms with Gasteiger partial charge in [-0.1, -0.05) is 19.9 Å². The normalized spacial score (nSPS) is 17.8. The number of amides is 1. The monoisotopic (exact) mass is 350 g/mol. The minimum absolute atomic E-state index is 0.137. The molecule has 8 heteroatoms. The van der Waals surface area contributed by atoms with Crippen LogP contribution in [0.1, 0.15) is 31.7 Å². The van der Waals surface area contributed by atoms with Gasteiger partial charge >= 0.3 is 10.2 Å². The molecule has 2 aromatic rings. The van der Waals surface area contributed by atoms with E-state index in [2.05, 4.69) is 23.4 Å². The molecule has 24 heavy (non-hydrogen) atoms. The molecule has 1 aliphatic heterocycles. The summed E-state index contributed by atoms with van der Waals surface area (Å²) in [5.41, 5.74) is 2.72. The quantitative estimate of drug-likeness (QED) is 0.887. The minimum Gasteiger partial charge on any atom is -0.328 e. The third-order valence-electron chi connectivity index (χ3n) is 4.20. The Labute approximate surface area is 141 Å². The number of hydrogen-bond acceptors (Lipinski definition) is 4. The van der Waals surface area contributed by atoms with E-state index in [9.17, 15) is 13.2 Å². The van der Waals surface area contributed by atoms with Gasteiger partial charge in [0.2, 0.25) is 5.91 Å². The largest absolute Gasteiger partial charge is 0.328 e. The Morgan fingerprint density at radius 2 is 2.08 bits per heavy atom. The van der Waals surface area contributed by atoms with Crippen LogP contribution in [-0.4, -0.2) is 34.7 Å². The Bertz CT molecular complexity index is 886. The fraction of sp³-hybridized carbons (Fsp3) is 0.500. The van der Waals surface area contributed by atoms with Crippen LogP contribution in [0, 0.1) is 12.8 Å². The predicted octanol–water partition coefficient (Wildman–Crippen LogP) is 1.57. The van der Waals surface area contributed by atoms with Gasteiger partial charge in [-0.05, 0) is 37.0 Å². The van der Waals surface area contributed by atoms with Gasteiger partial charge in [0.15, 0.2) is 0 Å². The van der Waals surface area contributed by atoms with Crippen LogP contribution < -0.4 is 4.72 Å². The highest BCUT2D eigenvalue weighted by molar-refractivity contribution is 7.88. The first-order chi connectivity index (χ1) is 11.3. The molecule has 1 aromatic carbocycles. The maximum absolute atomic E-state index is 11.8. The molecular weight excluding hydrogens is 328 g/mol. The second kappa shape index (κ2) is 6.18. The van der Waals surface area contributed by atoms with E-state index in [1.807, 2.05) is 29.8 Å². The van der Waals surface area contributed by atoms with Crippen LogP contribution in [0.4, 0.5) is 0 Å². The van der Waals surface area contributed by atoms with Gasteiger partial charge in [0.25, 0.3) is 0 Å². The zero-order valence-electron chi connectivity index (χ0n) is 14.1. The number of fused-ring (bicyclic) bond motifs is 1. The van der Waals surface area contributed by atoms with E-state index in [1.54, 1.807) is 0 Å². The Morgan fingerprint density at radius 3 is 2.71 bits per heavy atom. The molecule has 0 saturated carbocycles. The van der Waals surface area contributed by atoms with Crippen molar-refractivity contribution in [1.82, 2.24) is 18.6 Å². The van der Waals surface area contributed by atoms with Crippen LogP contribution in [-0.2, 0) is 28.1 Å². The Kier molecular flexibility index (Phi) is 4.35. The molecule has 1 saturated heterocycles. The number of imidazole rings is 1. The lowest BCUT2D eigenvalue weighted by molar-refractivity contribution is -0.118. The predicted molar refractivity (Wildman–Crippen MR) is 91.4 cm³/mol. The van der Waals surface area contributed by atoms with Gasteiger partial charge in [-0.15, -0.1) is 0 Å². The van der Waals surface area contributed by atoms with Gasteiger partial charge in [-0.25, -0.2) is 9.71 Å². The summed E-state index contributed by atoms with van der Waals surface area (Å²) in [4.78, 5) is 15.9. The molecule has 1 N–H and O–H groups in total. The molecule has 0 bridgehead atoms. The van der Waals surface area contributed by atoms with Crippen molar-refractivity contribution in [2.24, 2.45) is 5.92 Å². The summed E-state index contributed by atoms with van der Waals surface area (Å²) in [7, 11) is -3.70. The third-order valence-corrected chi connectivity index (χ3v) is 5.62. The Hall–Kier alpha value is -1.93. The number of aromatic nitrogens is 2. The number of nitrogens with one attached hydrogen (secondary N) is 1. The van der Waals surface area contributed by atoms with E-state index in [1.165, 1.54) is 0 Å². The van der Waals surface area contributed by atoms with Gasteiger partial charge in [-0.3, -0.25) is 4.79 Å². The van der Waals surface area contributed by atoms with Crippen molar-refractivity contribution in [2.45, 2.75) is 40.3 Å². The van der Waals surface area contributed by atoms with Crippen molar-refractivity contribution >= 4 is 27.1 Å². The summed E-state index contributed by atoms with van der Waals surface area (Å²) in [6.45, 7) is 7.31. The third kappa shape index (κ3) is 3.29. The molecule has 0 atom stereocenters. The molecule has 0 radical (unpaired) electrons. The van der Waals surface area contributed by atoms with Crippen LogP contribution in [0.2, 0.25) is 0 Å². The molecule has 1 aliphatic rings. The number of carbonyl (C=O) groups excluding carboxylic acids is 1. The summed E-state index contributed by atoms with van der Waals surface area (Å²) in [6.07, 6.45) is 1.08. The van der Waals surface area contributed by atoms with Crippen LogP contribution in [0.5, 0.6) is 0 Å². The average molecular weight is 350 g/mol. The minimum atomic E-state index is -3.70. The molecule has 0 aliphatic carbocycles. The van der Waals surface area contributed by atoms with Crippen molar-refractivity contribution in [2.75, 3.05) is 6.54 Å². The number of carbonyl (C=O) groups is 1. The summed E-state index contributed by atoms with van der Waals surface area (Å²) in [5.74, 6) is 1.07. The summed E-state index contributed by atoms with van der Waals surface area (Å²) >= 11 is 0. The Morgan fingerprint density at radius 1 is 1.33 bits per heavy atom. The standard InChI is InChI=1S/C16H22N4O3S/c1-11(2)6-7-20-12(3)17-14-8-13(4-5-15(14)20)9-19-10-16(21)18-24(19,22)23/h4-5,8,11H,6-7,9-10H2,1-3H3,(H,18,21). The molecule has 1 fully saturated rings. The summed E-state index contributed by atoms with van der Waals surface area (Å²) in [6, 6.07) is 5.77. The summed E-state index contributed by atoms with van der Waals surface area (Å²) in [5, 5.41) is 0. The molecule has 0 unspecified atom stereocenters. The van der Waals surface area contributed by atoms with Gasteiger partial charge in [0.05, 0.1) is 17.6 Å². The van der Waals surface area contributed by atoms with E-state index in [0.717, 1.165) is 39.7 Å². The van der Waals surface area contributed by atoms with Gasteiger partial charge in [0.1, 0.15) is 5.82 Å². The highest BCUT2D eigenvalue weighted by Gasteiger charge is 2.33. The van der Waals surface area contributed by atoms with E-state index in [-0.39, 0.29) is 13.1 Å². The number of hydrogen-bond donors (Lipinski definition) is 1. The second-order valence-electron chi connectivity index (χ2n) is 6.61. The fourth-order valence-corrected chi connectivity index (χ4v) is 3.98. The first kappa shape index (κ1) is 16.9. The molecule has 0 spiro atoms. The van der Waals surface area contributed by atoms with E-state index >= 15 is 0 Å². The highest BCUT2D eigenvalue weighted by Crippen LogP contribution is 2.21. The molecule has 1 amide bonds. The summed E-state index contributed by atoms with van der Waals surface area (Å²) < 4.78 is 29.0. The number of benzene rings is 1. The van der Waals surface area contributed by atoms with Crippen LogP contribution in [0.25, 0.3) is 11.0 Å².